The molecule has 0 aromatic carbocycles. The van der Waals surface area contributed by atoms with Crippen molar-refractivity contribution in [2.45, 2.75) is 88.5 Å². The topological polar surface area (TPSA) is 214 Å². The van der Waals surface area contributed by atoms with Gasteiger partial charge >= 0.3 is 0 Å². The molecule has 9 atom stereocenters. The Hall–Kier alpha value is -3.74. The predicted octanol–water partition coefficient (Wildman–Crippen LogP) is 1.33. The van der Waals surface area contributed by atoms with Gasteiger partial charge in [-0.2, -0.15) is 10.1 Å². The van der Waals surface area contributed by atoms with Crippen molar-refractivity contribution in [3.63, 3.8) is 0 Å². The summed E-state index contributed by atoms with van der Waals surface area (Å²) < 4.78 is 28.2. The van der Waals surface area contributed by atoms with E-state index in [0.29, 0.717) is 62.0 Å². The largest absolute Gasteiger partial charge is 0.388 e. The molecule has 20 nitrogen and oxygen atoms in total. The van der Waals surface area contributed by atoms with Crippen LogP contribution in [0, 0.1) is 20.4 Å². The number of hydrogen-bond acceptors (Lipinski definition) is 15. The molecule has 0 amide bonds. The number of hydrogen-bond donors (Lipinski definition) is 3. The number of aromatic amines is 2. The van der Waals surface area contributed by atoms with Crippen LogP contribution in [0.3, 0.4) is 0 Å². The lowest BCUT2D eigenvalue weighted by Crippen LogP contribution is -2.45. The number of aliphatic hydroxyl groups excluding tert-OH is 1. The number of imidazole rings is 2. The number of fused-ring (bicyclic) bond motifs is 6. The molecule has 53 heavy (non-hydrogen) atoms. The van der Waals surface area contributed by atoms with Crippen LogP contribution in [0.4, 0.5) is 0 Å². The number of hydroxylamine groups is 4. The van der Waals surface area contributed by atoms with Crippen LogP contribution in [-0.2, 0) is 28.2 Å². The lowest BCUT2D eigenvalue weighted by atomic mass is 9.96. The third kappa shape index (κ3) is 6.18. The SMILES string of the molecule is CC[C@]12CN(OC)[C@H]([C@H](n3cnc4c(=O)[nH]c(C)nc43)O1)[C@H]2O.[C-]#[N+]CCOP(C)O[C@@H]1[C@H]2[C@H](n3cnc4c(=O)[nH]c(C)nc43)O[C@]1(CC)CN2OC. The number of ether oxygens (including phenoxy) is 2. The van der Waals surface area contributed by atoms with Crippen molar-refractivity contribution < 1.29 is 33.3 Å². The van der Waals surface area contributed by atoms with E-state index in [1.807, 2.05) is 25.6 Å². The maximum absolute atomic E-state index is 12.3. The van der Waals surface area contributed by atoms with Crippen LogP contribution in [-0.4, -0.2) is 137 Å². The smallest absolute Gasteiger partial charge is 0.279 e. The number of nitrogens with zero attached hydrogens (tertiary/aromatic N) is 9. The van der Waals surface area contributed by atoms with Gasteiger partial charge in [-0.1, -0.05) is 13.8 Å². The summed E-state index contributed by atoms with van der Waals surface area (Å²) in [7, 11) is 2.00. The van der Waals surface area contributed by atoms with Crippen LogP contribution in [0.15, 0.2) is 22.2 Å². The quantitative estimate of drug-likeness (QED) is 0.112. The van der Waals surface area contributed by atoms with Gasteiger partial charge in [-0.15, -0.1) is 0 Å². The van der Waals surface area contributed by atoms with E-state index in [0.717, 1.165) is 0 Å². The van der Waals surface area contributed by atoms with Gasteiger partial charge in [-0.3, -0.25) is 18.7 Å². The second kappa shape index (κ2) is 14.5. The van der Waals surface area contributed by atoms with Crippen LogP contribution in [0.5, 0.6) is 0 Å². The second-order valence-corrected chi connectivity index (χ2v) is 14.8. The normalized spacial score (nSPS) is 31.4. The zero-order valence-corrected chi connectivity index (χ0v) is 31.4. The predicted molar refractivity (Wildman–Crippen MR) is 188 cm³/mol. The number of H-pyrrole nitrogens is 2. The van der Waals surface area contributed by atoms with Crippen molar-refractivity contribution in [2.24, 2.45) is 0 Å². The van der Waals surface area contributed by atoms with Gasteiger partial charge in [0.05, 0.1) is 40.0 Å². The first-order chi connectivity index (χ1) is 25.4. The highest BCUT2D eigenvalue weighted by atomic mass is 31.2. The molecule has 3 N–H and O–H groups in total. The summed E-state index contributed by atoms with van der Waals surface area (Å²) in [5, 5.41) is 14.3. The van der Waals surface area contributed by atoms with E-state index in [1.165, 1.54) is 6.33 Å². The fourth-order valence-corrected chi connectivity index (χ4v) is 8.93. The Labute approximate surface area is 305 Å². The van der Waals surface area contributed by atoms with Crippen molar-refractivity contribution >= 4 is 30.7 Å². The fraction of sp³-hybridized carbons (Fsp3) is 0.656. The van der Waals surface area contributed by atoms with Crippen molar-refractivity contribution in [1.82, 2.24) is 49.2 Å². The first-order valence-corrected chi connectivity index (χ1v) is 19.0. The Morgan fingerprint density at radius 3 is 1.94 bits per heavy atom. The molecule has 4 bridgehead atoms. The van der Waals surface area contributed by atoms with Gasteiger partial charge in [-0.25, -0.2) is 26.5 Å². The monoisotopic (exact) mass is 757 g/mol. The summed E-state index contributed by atoms with van der Waals surface area (Å²) in [5.74, 6) is 1.01. The van der Waals surface area contributed by atoms with E-state index in [1.54, 1.807) is 48.6 Å². The molecule has 0 aliphatic carbocycles. The molecule has 8 rings (SSSR count). The first-order valence-electron chi connectivity index (χ1n) is 17.3. The molecule has 4 aliphatic heterocycles. The van der Waals surface area contributed by atoms with Crippen LogP contribution in [0.1, 0.15) is 50.8 Å². The number of aliphatic hydroxyl groups is 1. The molecule has 21 heteroatoms. The Balaban J connectivity index is 0.000000170. The third-order valence-corrected chi connectivity index (χ3v) is 11.6. The average Bonchev–Trinajstić information content (AvgIpc) is 3.98. The maximum Gasteiger partial charge on any atom is 0.279 e. The number of rotatable bonds is 11. The lowest BCUT2D eigenvalue weighted by molar-refractivity contribution is -0.234. The van der Waals surface area contributed by atoms with Crippen LogP contribution in [0.2, 0.25) is 0 Å². The number of aryl methyl sites for hydroxylation is 2. The van der Waals surface area contributed by atoms with Gasteiger partial charge in [0.15, 0.2) is 43.2 Å². The van der Waals surface area contributed by atoms with Gasteiger partial charge in [0.2, 0.25) is 6.54 Å². The van der Waals surface area contributed by atoms with E-state index in [4.69, 9.17) is 34.8 Å². The maximum atomic E-state index is 12.3. The van der Waals surface area contributed by atoms with Crippen LogP contribution in [0.25, 0.3) is 27.2 Å². The Morgan fingerprint density at radius 1 is 0.925 bits per heavy atom. The zero-order chi connectivity index (χ0) is 37.8. The van der Waals surface area contributed by atoms with Crippen LogP contribution >= 0.6 is 8.38 Å². The molecule has 0 spiro atoms. The molecule has 4 aliphatic rings. The molecule has 8 heterocycles. The van der Waals surface area contributed by atoms with E-state index in [-0.39, 0.29) is 40.3 Å². The summed E-state index contributed by atoms with van der Waals surface area (Å²) in [6.45, 7) is 17.9. The molecule has 0 radical (unpaired) electrons. The van der Waals surface area contributed by atoms with E-state index in [9.17, 15) is 14.7 Å². The summed E-state index contributed by atoms with van der Waals surface area (Å²) in [6.07, 6.45) is 2.46. The zero-order valence-electron chi connectivity index (χ0n) is 30.5. The summed E-state index contributed by atoms with van der Waals surface area (Å²) >= 11 is 0. The molecule has 1 unspecified atom stereocenters. The second-order valence-electron chi connectivity index (χ2n) is 13.4. The van der Waals surface area contributed by atoms with Crippen molar-refractivity contribution in [3.05, 3.63) is 56.4 Å². The number of nitrogens with one attached hydrogen (secondary N) is 2. The average molecular weight is 758 g/mol. The molecule has 4 fully saturated rings. The van der Waals surface area contributed by atoms with Gasteiger partial charge in [0.25, 0.3) is 11.1 Å². The highest BCUT2D eigenvalue weighted by Gasteiger charge is 2.66. The highest BCUT2D eigenvalue weighted by Crippen LogP contribution is 2.54. The molecular weight excluding hydrogens is 713 g/mol. The van der Waals surface area contributed by atoms with Gasteiger partial charge in [-0.05, 0) is 26.7 Å². The van der Waals surface area contributed by atoms with E-state index in [2.05, 4.69) is 34.7 Å². The number of morpholine rings is 2. The van der Waals surface area contributed by atoms with Gasteiger partial charge in [0, 0.05) is 6.66 Å². The standard InChI is InChI=1S/C18H25N6O5P.C14H19N5O4/c1-6-18-9-24(26-4)13(14(18)29-30(5)27-8-7-19-3)17(28-18)23-10-20-12-15(23)21-11(2)22-16(12)25;1-4-14-5-19(22-3)9(10(14)20)13(23-14)18-6-15-8-11(18)16-7(2)17-12(8)21/h10,13-14,17H,6-9H2,1-2,4-5H3,(H,21,22,25);6,9-10,13,20H,4-5H2,1-3H3,(H,16,17,21)/t13-,14+,17+,18+,30?;9-,10+,13+,14+/m00/s1. The third-order valence-electron chi connectivity index (χ3n) is 10.6. The Morgan fingerprint density at radius 2 is 1.43 bits per heavy atom. The minimum atomic E-state index is -1.20. The summed E-state index contributed by atoms with van der Waals surface area (Å²) in [5.41, 5.74) is -0.434. The van der Waals surface area contributed by atoms with Crippen LogP contribution < -0.4 is 11.1 Å². The van der Waals surface area contributed by atoms with Gasteiger partial charge < -0.3 is 48.1 Å². The summed E-state index contributed by atoms with van der Waals surface area (Å²) in [6, 6.07) is -0.651. The molecule has 4 aromatic heterocycles. The lowest BCUT2D eigenvalue weighted by Gasteiger charge is -2.35. The van der Waals surface area contributed by atoms with E-state index < -0.39 is 38.1 Å². The Kier molecular flexibility index (Phi) is 10.3. The van der Waals surface area contributed by atoms with Crippen molar-refractivity contribution in [3.8, 4) is 0 Å². The summed E-state index contributed by atoms with van der Waals surface area (Å²) in [4.78, 5) is 61.2. The minimum absolute atomic E-state index is 0.256. The number of aromatic nitrogens is 8. The Bertz CT molecular complexity index is 2130. The minimum Gasteiger partial charge on any atom is -0.388 e. The van der Waals surface area contributed by atoms with Crippen molar-refractivity contribution in [2.75, 3.05) is 47.1 Å². The molecule has 0 saturated carbocycles. The molecule has 4 saturated heterocycles. The first kappa shape index (κ1) is 37.6. The molecular formula is C32H44N11O9P. The van der Waals surface area contributed by atoms with Crippen molar-refractivity contribution in [1.29, 1.82) is 0 Å². The van der Waals surface area contributed by atoms with Gasteiger partial charge in [0.1, 0.15) is 53.7 Å². The highest BCUT2D eigenvalue weighted by molar-refractivity contribution is 7.46. The molecule has 4 aromatic rings. The van der Waals surface area contributed by atoms with E-state index >= 15 is 0 Å². The fourth-order valence-electron chi connectivity index (χ4n) is 7.90. The molecule has 286 valence electrons.